The van der Waals surface area contributed by atoms with Crippen LogP contribution in [-0.2, 0) is 9.59 Å². The van der Waals surface area contributed by atoms with Crippen molar-refractivity contribution in [3.05, 3.63) is 21.8 Å². The summed E-state index contributed by atoms with van der Waals surface area (Å²) in [6, 6.07) is 0. The maximum Gasteiger partial charge on any atom is 0.471 e. The van der Waals surface area contributed by atoms with Gasteiger partial charge in [-0.15, -0.1) is 0 Å². The molecule has 0 spiro atoms. The number of hydrogen-bond acceptors (Lipinski definition) is 4. The molecule has 1 aromatic carbocycles. The highest BCUT2D eigenvalue weighted by Gasteiger charge is 2.38. The number of carboxylic acid groups (broad SMARTS) is 2. The summed E-state index contributed by atoms with van der Waals surface area (Å²) >= 11 is 4.68. The maximum atomic E-state index is 12.1. The zero-order valence-corrected chi connectivity index (χ0v) is 20.7. The second-order valence-electron chi connectivity index (χ2n) is 4.41. The number of amides is 2. The third-order valence-electron chi connectivity index (χ3n) is 2.68. The molecule has 0 atom stereocenters. The van der Waals surface area contributed by atoms with E-state index in [0.29, 0.717) is 0 Å². The van der Waals surface area contributed by atoms with E-state index < -0.39 is 36.5 Å². The minimum atomic E-state index is -5.17. The lowest BCUT2D eigenvalue weighted by Crippen LogP contribution is -3.00. The van der Waals surface area contributed by atoms with Crippen LogP contribution < -0.4 is 35.4 Å². The van der Waals surface area contributed by atoms with Crippen molar-refractivity contribution in [3.8, 4) is 0 Å². The van der Waals surface area contributed by atoms with E-state index in [-0.39, 0.29) is 52.3 Å². The van der Waals surface area contributed by atoms with Crippen molar-refractivity contribution in [1.82, 2.24) is 5.32 Å². The molecule has 16 heteroatoms. The quantitative estimate of drug-likeness (QED) is 0.230. The molecule has 0 fully saturated rings. The van der Waals surface area contributed by atoms with Crippen LogP contribution in [0.3, 0.4) is 0 Å². The van der Waals surface area contributed by atoms with E-state index in [0.717, 1.165) is 0 Å². The predicted octanol–water partition coefficient (Wildman–Crippen LogP) is -3.48. The van der Waals surface area contributed by atoms with Crippen LogP contribution >= 0.6 is 67.8 Å². The number of rotatable bonds is 5. The zero-order chi connectivity index (χ0) is 20.4. The van der Waals surface area contributed by atoms with Crippen molar-refractivity contribution in [3.63, 3.8) is 0 Å². The van der Waals surface area contributed by atoms with Crippen molar-refractivity contribution in [2.45, 2.75) is 6.18 Å². The number of carbonyl (C=O) groups is 4. The number of nitrogens with one attached hydrogen (secondary N) is 2. The number of hydrogen-bond donors (Lipinski definition) is 4. The van der Waals surface area contributed by atoms with E-state index in [1.807, 2.05) is 0 Å². The molecule has 2 amide bonds. The minimum absolute atomic E-state index is 0. The number of carboxylic acids is 2. The SMILES string of the molecule is O=C(CNC(=O)C(F)(F)F)Nc1c(I)c(C(=O)O)c(I)c(C(=O)O)c1I.[Cl-].[Cl-]. The maximum absolute atomic E-state index is 12.1. The fourth-order valence-electron chi connectivity index (χ4n) is 1.59. The molecular weight excluding hydrogens is 777 g/mol. The highest BCUT2D eigenvalue weighted by Crippen LogP contribution is 2.35. The summed E-state index contributed by atoms with van der Waals surface area (Å²) in [5.74, 6) is -6.30. The number of benzene rings is 1. The Labute approximate surface area is 208 Å². The molecule has 0 saturated heterocycles. The van der Waals surface area contributed by atoms with Crippen molar-refractivity contribution < 1.29 is 67.4 Å². The average Bonchev–Trinajstić information content (AvgIpc) is 2.47. The summed E-state index contributed by atoms with van der Waals surface area (Å²) in [5, 5.41) is 22.0. The van der Waals surface area contributed by atoms with Gasteiger partial charge in [0.05, 0.1) is 30.5 Å². The Balaban J connectivity index is 0. The predicted molar refractivity (Wildman–Crippen MR) is 106 cm³/mol. The van der Waals surface area contributed by atoms with Crippen molar-refractivity contribution in [2.75, 3.05) is 11.9 Å². The average molecular weight is 783 g/mol. The van der Waals surface area contributed by atoms with Crippen molar-refractivity contribution in [1.29, 1.82) is 0 Å². The topological polar surface area (TPSA) is 133 Å². The van der Waals surface area contributed by atoms with Crippen LogP contribution in [0.25, 0.3) is 0 Å². The third-order valence-corrected chi connectivity index (χ3v) is 5.91. The van der Waals surface area contributed by atoms with E-state index in [4.69, 9.17) is 0 Å². The van der Waals surface area contributed by atoms with Crippen LogP contribution in [-0.4, -0.2) is 46.7 Å². The smallest absolute Gasteiger partial charge is 0.471 e. The molecule has 0 aliphatic heterocycles. The second-order valence-corrected chi connectivity index (χ2v) is 7.64. The molecule has 8 nitrogen and oxygen atoms in total. The molecule has 0 aliphatic carbocycles. The van der Waals surface area contributed by atoms with Gasteiger partial charge in [0.15, 0.2) is 0 Å². The van der Waals surface area contributed by atoms with Gasteiger partial charge < -0.3 is 45.7 Å². The molecular formula is C12H6Cl2F3I3N2O6-2. The lowest BCUT2D eigenvalue weighted by molar-refractivity contribution is -0.173. The van der Waals surface area contributed by atoms with Gasteiger partial charge in [-0.1, -0.05) is 0 Å². The first-order valence-electron chi connectivity index (χ1n) is 6.10. The number of anilines is 1. The zero-order valence-electron chi connectivity index (χ0n) is 12.8. The summed E-state index contributed by atoms with van der Waals surface area (Å²) in [5.41, 5.74) is -0.940. The summed E-state index contributed by atoms with van der Waals surface area (Å²) in [6.45, 7) is -1.04. The van der Waals surface area contributed by atoms with Crippen LogP contribution in [0.1, 0.15) is 20.7 Å². The van der Waals surface area contributed by atoms with E-state index in [1.165, 1.54) is 5.32 Å². The minimum Gasteiger partial charge on any atom is -1.00 e. The Morgan fingerprint density at radius 3 is 1.57 bits per heavy atom. The van der Waals surface area contributed by atoms with Gasteiger partial charge in [-0.2, -0.15) is 13.2 Å². The number of aromatic carboxylic acids is 2. The van der Waals surface area contributed by atoms with Gasteiger partial charge in [0.25, 0.3) is 0 Å². The van der Waals surface area contributed by atoms with Gasteiger partial charge in [-0.3, -0.25) is 9.59 Å². The number of carbonyl (C=O) groups excluding carboxylic acids is 2. The molecule has 0 bridgehead atoms. The highest BCUT2D eigenvalue weighted by atomic mass is 127. The second kappa shape index (κ2) is 11.7. The Morgan fingerprint density at radius 1 is 0.857 bits per heavy atom. The van der Waals surface area contributed by atoms with E-state index in [2.05, 4.69) is 5.32 Å². The van der Waals surface area contributed by atoms with Gasteiger partial charge in [-0.25, -0.2) is 9.59 Å². The van der Waals surface area contributed by atoms with E-state index >= 15 is 0 Å². The Morgan fingerprint density at radius 2 is 1.25 bits per heavy atom. The monoisotopic (exact) mass is 782 g/mol. The molecule has 0 aliphatic rings. The molecule has 0 heterocycles. The van der Waals surface area contributed by atoms with E-state index in [9.17, 15) is 42.6 Å². The first kappa shape index (κ1) is 29.9. The fraction of sp³-hybridized carbons (Fsp3) is 0.167. The molecule has 0 radical (unpaired) electrons. The molecule has 0 unspecified atom stereocenters. The number of halogens is 8. The van der Waals surface area contributed by atoms with Crippen LogP contribution in [0, 0.1) is 10.7 Å². The molecule has 1 aromatic rings. The first-order chi connectivity index (χ1) is 11.8. The van der Waals surface area contributed by atoms with Crippen LogP contribution in [0.5, 0.6) is 0 Å². The van der Waals surface area contributed by atoms with Gasteiger partial charge >= 0.3 is 24.0 Å². The molecule has 28 heavy (non-hydrogen) atoms. The normalized spacial score (nSPS) is 10.2. The lowest BCUT2D eigenvalue weighted by atomic mass is 10.1. The van der Waals surface area contributed by atoms with Gasteiger partial charge in [0.2, 0.25) is 5.91 Å². The first-order valence-corrected chi connectivity index (χ1v) is 9.34. The molecule has 158 valence electrons. The Hall–Kier alpha value is -0.340. The van der Waals surface area contributed by atoms with Crippen LogP contribution in [0.2, 0.25) is 0 Å². The summed E-state index contributed by atoms with van der Waals surface area (Å²) in [7, 11) is 0. The van der Waals surface area contributed by atoms with Gasteiger partial charge in [0, 0.05) is 3.57 Å². The Bertz CT molecular complexity index is 782. The number of alkyl halides is 3. The van der Waals surface area contributed by atoms with Crippen molar-refractivity contribution >= 4 is 97.2 Å². The molecule has 1 rings (SSSR count). The standard InChI is InChI=1S/C12H6F3I3N2O6.2ClH/c13-12(14,15)11(26)19-1-2(21)20-8-6(17)3(9(22)23)5(16)4(7(8)18)10(24)25;;/h1H2,(H,19,26)(H,20,21)(H,22,23)(H,24,25);2*1H/p-2. The van der Waals surface area contributed by atoms with Crippen LogP contribution in [0.4, 0.5) is 18.9 Å². The van der Waals surface area contributed by atoms with E-state index in [1.54, 1.807) is 67.8 Å². The third kappa shape index (κ3) is 7.17. The summed E-state index contributed by atoms with van der Waals surface area (Å²) in [4.78, 5) is 45.3. The lowest BCUT2D eigenvalue weighted by Gasteiger charge is -2.16. The molecule has 4 N–H and O–H groups in total. The van der Waals surface area contributed by atoms with Crippen molar-refractivity contribution in [2.24, 2.45) is 0 Å². The van der Waals surface area contributed by atoms with Gasteiger partial charge in [-0.05, 0) is 67.8 Å². The molecule has 0 saturated carbocycles. The van der Waals surface area contributed by atoms with Crippen LogP contribution in [0.15, 0.2) is 0 Å². The van der Waals surface area contributed by atoms with Gasteiger partial charge in [0.1, 0.15) is 0 Å². The summed E-state index contributed by atoms with van der Waals surface area (Å²) < 4.78 is 36.2. The molecule has 0 aromatic heterocycles. The fourth-order valence-corrected chi connectivity index (χ4v) is 5.95. The Kier molecular flexibility index (Phi) is 12.5. The summed E-state index contributed by atoms with van der Waals surface area (Å²) in [6.07, 6.45) is -5.17. The highest BCUT2D eigenvalue weighted by molar-refractivity contribution is 14.1. The largest absolute Gasteiger partial charge is 1.00 e.